The van der Waals surface area contributed by atoms with E-state index >= 15 is 0 Å². The summed E-state index contributed by atoms with van der Waals surface area (Å²) < 4.78 is 21.0. The first-order valence-electron chi connectivity index (χ1n) is 10.9. The zero-order valence-electron chi connectivity index (χ0n) is 17.9. The van der Waals surface area contributed by atoms with Crippen molar-refractivity contribution in [2.45, 2.75) is 25.9 Å². The third-order valence-corrected chi connectivity index (χ3v) is 6.52. The maximum atomic E-state index is 13.4. The van der Waals surface area contributed by atoms with Crippen molar-refractivity contribution in [1.82, 2.24) is 14.7 Å². The number of aromatic nitrogens is 2. The van der Waals surface area contributed by atoms with E-state index in [-0.39, 0.29) is 18.3 Å². The summed E-state index contributed by atoms with van der Waals surface area (Å²) in [6.07, 6.45) is 5.03. The number of fused-ring (bicyclic) bond motifs is 1. The normalized spacial score (nSPS) is 17.3. The van der Waals surface area contributed by atoms with E-state index in [4.69, 9.17) is 33.0 Å². The van der Waals surface area contributed by atoms with E-state index in [1.807, 2.05) is 11.0 Å². The summed E-state index contributed by atoms with van der Waals surface area (Å²) >= 11 is 12.7. The lowest BCUT2D eigenvalue weighted by Crippen LogP contribution is -2.36. The Kier molecular flexibility index (Phi) is 6.23. The summed E-state index contributed by atoms with van der Waals surface area (Å²) in [4.78, 5) is 15.3. The van der Waals surface area contributed by atoms with Gasteiger partial charge in [-0.3, -0.25) is 4.79 Å². The minimum atomic E-state index is -0.301. The van der Waals surface area contributed by atoms with Crippen molar-refractivity contribution in [3.8, 4) is 5.69 Å². The number of hydrogen-bond donors (Lipinski definition) is 0. The van der Waals surface area contributed by atoms with Crippen molar-refractivity contribution in [1.29, 1.82) is 0 Å². The summed E-state index contributed by atoms with van der Waals surface area (Å²) in [6.45, 7) is 2.05. The Morgan fingerprint density at radius 1 is 1.03 bits per heavy atom. The number of hydrogen-bond acceptors (Lipinski definition) is 3. The minimum absolute atomic E-state index is 0.0959. The number of ether oxygens (including phenoxy) is 1. The van der Waals surface area contributed by atoms with Crippen LogP contribution in [-0.4, -0.2) is 40.3 Å². The van der Waals surface area contributed by atoms with Gasteiger partial charge in [0, 0.05) is 29.2 Å². The van der Waals surface area contributed by atoms with E-state index in [2.05, 4.69) is 0 Å². The Labute approximate surface area is 201 Å². The monoisotopic (exact) mass is 485 g/mol. The third-order valence-electron chi connectivity index (χ3n) is 5.99. The van der Waals surface area contributed by atoms with Gasteiger partial charge >= 0.3 is 0 Å². The quantitative estimate of drug-likeness (QED) is 0.455. The predicted molar refractivity (Wildman–Crippen MR) is 127 cm³/mol. The molecule has 3 heterocycles. The van der Waals surface area contributed by atoms with Crippen molar-refractivity contribution < 1.29 is 13.9 Å². The van der Waals surface area contributed by atoms with Gasteiger partial charge in [-0.15, -0.1) is 0 Å². The second kappa shape index (κ2) is 9.29. The second-order valence-corrected chi connectivity index (χ2v) is 9.09. The Morgan fingerprint density at radius 3 is 2.52 bits per heavy atom. The van der Waals surface area contributed by atoms with Crippen LogP contribution in [0.25, 0.3) is 17.3 Å². The lowest BCUT2D eigenvalue weighted by Gasteiger charge is -2.26. The average molecular weight is 486 g/mol. The van der Waals surface area contributed by atoms with Gasteiger partial charge in [0.1, 0.15) is 5.82 Å². The van der Waals surface area contributed by atoms with Gasteiger partial charge < -0.3 is 9.64 Å². The first-order valence-corrected chi connectivity index (χ1v) is 11.7. The van der Waals surface area contributed by atoms with Gasteiger partial charge in [0.2, 0.25) is 0 Å². The Morgan fingerprint density at radius 2 is 1.79 bits per heavy atom. The van der Waals surface area contributed by atoms with Gasteiger partial charge in [-0.1, -0.05) is 35.3 Å². The molecule has 2 aliphatic heterocycles. The fourth-order valence-corrected chi connectivity index (χ4v) is 4.85. The van der Waals surface area contributed by atoms with Crippen molar-refractivity contribution in [2.24, 2.45) is 0 Å². The Bertz CT molecular complexity index is 1230. The molecule has 1 saturated heterocycles. The molecule has 0 saturated carbocycles. The molecule has 5 rings (SSSR count). The number of carbonyl (C=O) groups is 1. The van der Waals surface area contributed by atoms with E-state index in [9.17, 15) is 9.18 Å². The Balaban J connectivity index is 1.67. The molecule has 0 aliphatic carbocycles. The number of halogens is 3. The largest absolute Gasteiger partial charge is 0.372 e. The molecule has 1 aromatic heterocycles. The number of benzene rings is 2. The zero-order chi connectivity index (χ0) is 22.9. The standard InChI is InChI=1S/C25H22Cl2FN3O2/c26-18-6-9-22(21(27)13-18)31-24-17(12-16-4-7-19(28)8-5-16)14-33-15-20(24)23(29-31)25(32)30-10-2-1-3-11-30/h4-9,12-13H,1-3,10-11,14-15H2. The Hall–Kier alpha value is -2.67. The molecule has 8 heteroatoms. The van der Waals surface area contributed by atoms with Gasteiger partial charge in [0.05, 0.1) is 29.6 Å². The van der Waals surface area contributed by atoms with Crippen LogP contribution >= 0.6 is 23.2 Å². The second-order valence-electron chi connectivity index (χ2n) is 8.25. The molecule has 0 bridgehead atoms. The van der Waals surface area contributed by atoms with Gasteiger partial charge in [0.15, 0.2) is 5.69 Å². The fourth-order valence-electron chi connectivity index (χ4n) is 4.36. The van der Waals surface area contributed by atoms with Crippen LogP contribution in [0.2, 0.25) is 10.0 Å². The van der Waals surface area contributed by atoms with Crippen molar-refractivity contribution in [2.75, 3.05) is 19.7 Å². The molecule has 2 aromatic carbocycles. The smallest absolute Gasteiger partial charge is 0.274 e. The highest BCUT2D eigenvalue weighted by Crippen LogP contribution is 2.35. The number of carbonyl (C=O) groups excluding carboxylic acids is 1. The highest BCUT2D eigenvalue weighted by Gasteiger charge is 2.32. The first-order chi connectivity index (χ1) is 16.0. The number of amides is 1. The number of likely N-dealkylation sites (tertiary alicyclic amines) is 1. The average Bonchev–Trinajstić information content (AvgIpc) is 3.21. The summed E-state index contributed by atoms with van der Waals surface area (Å²) in [5.74, 6) is -0.397. The SMILES string of the molecule is O=C(c1nn(-c2ccc(Cl)cc2Cl)c2c1COCC2=Cc1ccc(F)cc1)N1CCCCC1. The van der Waals surface area contributed by atoms with Crippen molar-refractivity contribution in [3.63, 3.8) is 0 Å². The van der Waals surface area contributed by atoms with Crippen LogP contribution in [0.3, 0.4) is 0 Å². The maximum absolute atomic E-state index is 13.4. The molecule has 1 amide bonds. The molecule has 2 aliphatic rings. The third kappa shape index (κ3) is 4.43. The van der Waals surface area contributed by atoms with Gasteiger partial charge in [-0.05, 0) is 61.2 Å². The van der Waals surface area contributed by atoms with Crippen molar-refractivity contribution >= 4 is 40.8 Å². The molecule has 33 heavy (non-hydrogen) atoms. The number of piperidine rings is 1. The van der Waals surface area contributed by atoms with Crippen LogP contribution in [0.15, 0.2) is 42.5 Å². The lowest BCUT2D eigenvalue weighted by molar-refractivity contribution is 0.0711. The van der Waals surface area contributed by atoms with E-state index < -0.39 is 0 Å². The van der Waals surface area contributed by atoms with E-state index in [1.54, 1.807) is 35.0 Å². The first kappa shape index (κ1) is 22.1. The van der Waals surface area contributed by atoms with Gasteiger partial charge in [-0.2, -0.15) is 5.10 Å². The summed E-state index contributed by atoms with van der Waals surface area (Å²) in [7, 11) is 0. The highest BCUT2D eigenvalue weighted by atomic mass is 35.5. The molecule has 170 valence electrons. The van der Waals surface area contributed by atoms with Crippen LogP contribution in [0.4, 0.5) is 4.39 Å². The molecule has 3 aromatic rings. The van der Waals surface area contributed by atoms with Crippen LogP contribution in [-0.2, 0) is 11.3 Å². The van der Waals surface area contributed by atoms with Crippen LogP contribution < -0.4 is 0 Å². The number of nitrogens with zero attached hydrogens (tertiary/aromatic N) is 3. The molecule has 0 radical (unpaired) electrons. The summed E-state index contributed by atoms with van der Waals surface area (Å²) in [6, 6.07) is 11.4. The van der Waals surface area contributed by atoms with Crippen LogP contribution in [0, 0.1) is 5.82 Å². The molecular weight excluding hydrogens is 464 g/mol. The maximum Gasteiger partial charge on any atom is 0.274 e. The molecule has 1 fully saturated rings. The van der Waals surface area contributed by atoms with Crippen LogP contribution in [0.1, 0.15) is 46.6 Å². The highest BCUT2D eigenvalue weighted by molar-refractivity contribution is 6.35. The lowest BCUT2D eigenvalue weighted by atomic mass is 10.0. The van der Waals surface area contributed by atoms with Crippen LogP contribution in [0.5, 0.6) is 0 Å². The topological polar surface area (TPSA) is 47.4 Å². The summed E-state index contributed by atoms with van der Waals surface area (Å²) in [5, 5.41) is 5.69. The molecule has 0 spiro atoms. The minimum Gasteiger partial charge on any atom is -0.372 e. The van der Waals surface area contributed by atoms with Gasteiger partial charge in [-0.25, -0.2) is 9.07 Å². The molecule has 0 unspecified atom stereocenters. The molecular formula is C25H22Cl2FN3O2. The zero-order valence-corrected chi connectivity index (χ0v) is 19.4. The molecule has 0 atom stereocenters. The van der Waals surface area contributed by atoms with Gasteiger partial charge in [0.25, 0.3) is 5.91 Å². The van der Waals surface area contributed by atoms with E-state index in [1.165, 1.54) is 12.1 Å². The summed E-state index contributed by atoms with van der Waals surface area (Å²) in [5.41, 5.74) is 4.16. The van der Waals surface area contributed by atoms with E-state index in [0.717, 1.165) is 54.7 Å². The fraction of sp³-hybridized carbons (Fsp3) is 0.280. The molecule has 0 N–H and O–H groups in total. The predicted octanol–water partition coefficient (Wildman–Crippen LogP) is 6.02. The molecule has 5 nitrogen and oxygen atoms in total. The number of rotatable bonds is 3. The van der Waals surface area contributed by atoms with E-state index in [0.29, 0.717) is 28.0 Å². The van der Waals surface area contributed by atoms with Crippen molar-refractivity contribution in [3.05, 3.63) is 80.8 Å².